The van der Waals surface area contributed by atoms with Crippen molar-refractivity contribution in [2.45, 2.75) is 62.9 Å². The molecule has 3 heterocycles. The lowest BCUT2D eigenvalue weighted by Crippen LogP contribution is -2.60. The van der Waals surface area contributed by atoms with Gasteiger partial charge in [-0.05, 0) is 50.8 Å². The Morgan fingerprint density at radius 1 is 1.05 bits per heavy atom. The summed E-state index contributed by atoms with van der Waals surface area (Å²) < 4.78 is 6.68. The topological polar surface area (TPSA) is 90.4 Å². The van der Waals surface area contributed by atoms with Gasteiger partial charge < -0.3 is 24.5 Å². The third-order valence-electron chi connectivity index (χ3n) is 9.05. The number of ether oxygens (including phenoxy) is 1. The van der Waals surface area contributed by atoms with Crippen LogP contribution in [0.5, 0.6) is 0 Å². The SMILES string of the molecule is C=CCN(C(=O)[C@@H]1[C@@H]2CCC3(O2)C(C(=O)N(CC=C)C(C)C)N([C@@H](CO)Cc2ccccc2)C(=O)[C@H]13)c1ccccc1. The van der Waals surface area contributed by atoms with E-state index in [1.54, 1.807) is 26.9 Å². The highest BCUT2D eigenvalue weighted by Gasteiger charge is 2.75. The number of nitrogens with zero attached hydrogens (tertiary/aromatic N) is 3. The van der Waals surface area contributed by atoms with Gasteiger partial charge in [-0.3, -0.25) is 14.4 Å². The number of carbonyl (C=O) groups is 3. The van der Waals surface area contributed by atoms with E-state index < -0.39 is 35.6 Å². The summed E-state index contributed by atoms with van der Waals surface area (Å²) in [6.45, 7) is 11.8. The van der Waals surface area contributed by atoms with Crippen molar-refractivity contribution in [3.8, 4) is 0 Å². The summed E-state index contributed by atoms with van der Waals surface area (Å²) in [6, 6.07) is 17.2. The summed E-state index contributed by atoms with van der Waals surface area (Å²) >= 11 is 0. The quantitative estimate of drug-likeness (QED) is 0.393. The van der Waals surface area contributed by atoms with E-state index in [4.69, 9.17) is 4.74 Å². The first kappa shape index (κ1) is 29.7. The molecule has 3 aliphatic rings. The molecule has 6 atom stereocenters. The third kappa shape index (κ3) is 4.96. The van der Waals surface area contributed by atoms with Gasteiger partial charge in [-0.1, -0.05) is 60.7 Å². The van der Waals surface area contributed by atoms with E-state index in [0.717, 1.165) is 5.56 Å². The molecule has 8 nitrogen and oxygen atoms in total. The number of amides is 3. The number of para-hydroxylation sites is 1. The predicted octanol–water partition coefficient (Wildman–Crippen LogP) is 3.61. The van der Waals surface area contributed by atoms with Crippen LogP contribution in [-0.4, -0.2) is 82.2 Å². The molecule has 0 aromatic heterocycles. The minimum Gasteiger partial charge on any atom is -0.394 e. The number of rotatable bonds is 12. The average molecular weight is 572 g/mol. The molecule has 8 heteroatoms. The van der Waals surface area contributed by atoms with E-state index >= 15 is 0 Å². The van der Waals surface area contributed by atoms with Gasteiger partial charge >= 0.3 is 0 Å². The highest BCUT2D eigenvalue weighted by atomic mass is 16.5. The highest BCUT2D eigenvalue weighted by Crippen LogP contribution is 2.59. The molecular weight excluding hydrogens is 530 g/mol. The molecule has 0 radical (unpaired) electrons. The molecule has 2 unspecified atom stereocenters. The summed E-state index contributed by atoms with van der Waals surface area (Å²) in [5, 5.41) is 10.7. The van der Waals surface area contributed by atoms with Gasteiger partial charge in [0.25, 0.3) is 0 Å². The zero-order valence-electron chi connectivity index (χ0n) is 24.5. The van der Waals surface area contributed by atoms with E-state index in [0.29, 0.717) is 31.5 Å². The maximum Gasteiger partial charge on any atom is 0.248 e. The van der Waals surface area contributed by atoms with Gasteiger partial charge in [0.2, 0.25) is 17.7 Å². The second kappa shape index (κ2) is 12.2. The lowest BCUT2D eigenvalue weighted by atomic mass is 9.70. The fraction of sp³-hybridized carbons (Fsp3) is 0.441. The number of anilines is 1. The van der Waals surface area contributed by atoms with Crippen molar-refractivity contribution in [2.24, 2.45) is 11.8 Å². The summed E-state index contributed by atoms with van der Waals surface area (Å²) in [7, 11) is 0. The molecule has 5 rings (SSSR count). The second-order valence-electron chi connectivity index (χ2n) is 11.8. The summed E-state index contributed by atoms with van der Waals surface area (Å²) in [4.78, 5) is 48.3. The molecule has 42 heavy (non-hydrogen) atoms. The molecule has 2 aromatic carbocycles. The Kier molecular flexibility index (Phi) is 8.66. The van der Waals surface area contributed by atoms with Crippen LogP contribution in [0.25, 0.3) is 0 Å². The normalized spacial score (nSPS) is 26.7. The first-order chi connectivity index (χ1) is 20.3. The van der Waals surface area contributed by atoms with Gasteiger partial charge in [0.1, 0.15) is 11.6 Å². The Labute approximate surface area is 248 Å². The van der Waals surface area contributed by atoms with Gasteiger partial charge in [-0.15, -0.1) is 13.2 Å². The molecule has 0 aliphatic carbocycles. The Morgan fingerprint density at radius 2 is 1.69 bits per heavy atom. The van der Waals surface area contributed by atoms with E-state index in [2.05, 4.69) is 13.2 Å². The number of carbonyl (C=O) groups excluding carboxylic acids is 3. The van der Waals surface area contributed by atoms with Crippen molar-refractivity contribution in [2.75, 3.05) is 24.6 Å². The smallest absolute Gasteiger partial charge is 0.248 e. The molecule has 0 saturated carbocycles. The molecule has 3 saturated heterocycles. The molecule has 2 aromatic rings. The standard InChI is InChI=1S/C34H41N3O5/c1-5-19-35(23(3)4)33(41)30-34-18-17-27(42-34)28(31(39)36(20-6-2)25-15-11-8-12-16-25)29(34)32(40)37(30)26(22-38)21-24-13-9-7-10-14-24/h5-16,23,26-30,38H,1-2,17-22H2,3-4H3/t26-,27+,28-,29+,30?,34?/m1/s1. The Hall–Kier alpha value is -3.75. The van der Waals surface area contributed by atoms with Gasteiger partial charge in [-0.25, -0.2) is 0 Å². The van der Waals surface area contributed by atoms with Gasteiger partial charge in [0.15, 0.2) is 0 Å². The van der Waals surface area contributed by atoms with E-state index in [1.807, 2.05) is 74.5 Å². The third-order valence-corrected chi connectivity index (χ3v) is 9.05. The van der Waals surface area contributed by atoms with Crippen LogP contribution >= 0.6 is 0 Å². The maximum absolute atomic E-state index is 14.6. The number of benzene rings is 2. The molecule has 222 valence electrons. The summed E-state index contributed by atoms with van der Waals surface area (Å²) in [5.74, 6) is -2.36. The molecule has 1 N–H and O–H groups in total. The van der Waals surface area contributed by atoms with Crippen LogP contribution in [0.4, 0.5) is 5.69 Å². The Morgan fingerprint density at radius 3 is 2.29 bits per heavy atom. The van der Waals surface area contributed by atoms with Crippen LogP contribution in [0, 0.1) is 11.8 Å². The zero-order chi connectivity index (χ0) is 30.0. The first-order valence-corrected chi connectivity index (χ1v) is 14.8. The number of hydrogen-bond donors (Lipinski definition) is 1. The predicted molar refractivity (Wildman–Crippen MR) is 162 cm³/mol. The van der Waals surface area contributed by atoms with Crippen molar-refractivity contribution in [1.29, 1.82) is 0 Å². The number of hydrogen-bond acceptors (Lipinski definition) is 5. The largest absolute Gasteiger partial charge is 0.394 e. The van der Waals surface area contributed by atoms with Crippen LogP contribution in [0.1, 0.15) is 32.3 Å². The number of likely N-dealkylation sites (tertiary alicyclic amines) is 1. The molecule has 3 aliphatic heterocycles. The Bertz CT molecular complexity index is 1310. The number of aliphatic hydroxyl groups excluding tert-OH is 1. The molecular formula is C34H41N3O5. The van der Waals surface area contributed by atoms with E-state index in [1.165, 1.54) is 0 Å². The van der Waals surface area contributed by atoms with Gasteiger partial charge in [-0.2, -0.15) is 0 Å². The fourth-order valence-electron chi connectivity index (χ4n) is 7.27. The molecule has 3 fully saturated rings. The van der Waals surface area contributed by atoms with Crippen molar-refractivity contribution in [3.05, 3.63) is 91.5 Å². The van der Waals surface area contributed by atoms with Crippen LogP contribution < -0.4 is 4.90 Å². The van der Waals surface area contributed by atoms with Crippen molar-refractivity contribution in [1.82, 2.24) is 9.80 Å². The van der Waals surface area contributed by atoms with Gasteiger partial charge in [0.05, 0.1) is 30.6 Å². The molecule has 2 bridgehead atoms. The van der Waals surface area contributed by atoms with E-state index in [9.17, 15) is 19.5 Å². The van der Waals surface area contributed by atoms with Crippen LogP contribution in [0.3, 0.4) is 0 Å². The minimum absolute atomic E-state index is 0.151. The lowest BCUT2D eigenvalue weighted by Gasteiger charge is -2.40. The average Bonchev–Trinajstić information content (AvgIpc) is 3.65. The van der Waals surface area contributed by atoms with Crippen molar-refractivity contribution in [3.63, 3.8) is 0 Å². The second-order valence-corrected chi connectivity index (χ2v) is 11.8. The van der Waals surface area contributed by atoms with Crippen LogP contribution in [0.15, 0.2) is 86.0 Å². The monoisotopic (exact) mass is 571 g/mol. The molecule has 1 spiro atoms. The minimum atomic E-state index is -1.16. The van der Waals surface area contributed by atoms with Crippen LogP contribution in [0.2, 0.25) is 0 Å². The fourth-order valence-corrected chi connectivity index (χ4v) is 7.27. The van der Waals surface area contributed by atoms with Crippen LogP contribution in [-0.2, 0) is 25.5 Å². The van der Waals surface area contributed by atoms with E-state index in [-0.39, 0.29) is 36.9 Å². The summed E-state index contributed by atoms with van der Waals surface area (Å²) in [6.07, 6.45) is 4.29. The number of aliphatic hydroxyl groups is 1. The Balaban J connectivity index is 1.59. The number of fused-ring (bicyclic) bond motifs is 1. The lowest BCUT2D eigenvalue weighted by molar-refractivity contribution is -0.152. The van der Waals surface area contributed by atoms with Gasteiger partial charge in [0, 0.05) is 24.8 Å². The summed E-state index contributed by atoms with van der Waals surface area (Å²) in [5.41, 5.74) is 0.494. The molecule has 3 amide bonds. The highest BCUT2D eigenvalue weighted by molar-refractivity contribution is 6.03. The zero-order valence-corrected chi connectivity index (χ0v) is 24.5. The first-order valence-electron chi connectivity index (χ1n) is 14.8. The van der Waals surface area contributed by atoms with Crippen molar-refractivity contribution < 1.29 is 24.2 Å². The maximum atomic E-state index is 14.6. The van der Waals surface area contributed by atoms with Crippen molar-refractivity contribution >= 4 is 23.4 Å².